The summed E-state index contributed by atoms with van der Waals surface area (Å²) in [6.07, 6.45) is 0. The minimum absolute atomic E-state index is 0. The summed E-state index contributed by atoms with van der Waals surface area (Å²) < 4.78 is 0. The van der Waals surface area contributed by atoms with Crippen LogP contribution in [0.2, 0.25) is 0 Å². The average Bonchev–Trinajstić information content (AvgIpc) is 2.57. The predicted molar refractivity (Wildman–Crippen MR) is 86.3 cm³/mol. The molecule has 26 heavy (non-hydrogen) atoms. The number of phenolic OH excluding ortho intramolecular Hbond substituents is 2. The Morgan fingerprint density at radius 1 is 1.15 bits per heavy atom. The number of aromatic hydroxyl groups is 2. The summed E-state index contributed by atoms with van der Waals surface area (Å²) in [5.41, 5.74) is -0.0119. The maximum Gasteiger partial charge on any atom is 0.330 e. The summed E-state index contributed by atoms with van der Waals surface area (Å²) in [5, 5.41) is 30.2. The summed E-state index contributed by atoms with van der Waals surface area (Å²) in [5.74, 6) is -4.32. The summed E-state index contributed by atoms with van der Waals surface area (Å²) in [4.78, 5) is 49.4. The van der Waals surface area contributed by atoms with Crippen LogP contribution in [0.1, 0.15) is 18.5 Å². The van der Waals surface area contributed by atoms with Gasteiger partial charge in [0.1, 0.15) is 0 Å². The van der Waals surface area contributed by atoms with E-state index in [-0.39, 0.29) is 24.1 Å². The molecule has 1 aliphatic heterocycles. The number of urea groups is 1. The minimum Gasteiger partial charge on any atom is -0.504 e. The number of carbonyl (C=O) groups is 4. The van der Waals surface area contributed by atoms with Crippen LogP contribution in [-0.2, 0) is 14.4 Å². The maximum atomic E-state index is 12.2. The van der Waals surface area contributed by atoms with E-state index < -0.39 is 41.4 Å². The van der Waals surface area contributed by atoms with Gasteiger partial charge in [-0.3, -0.25) is 14.5 Å². The topological polar surface area (TPSA) is 179 Å². The van der Waals surface area contributed by atoms with Crippen LogP contribution in [0.3, 0.4) is 0 Å². The van der Waals surface area contributed by atoms with Crippen LogP contribution in [0.4, 0.5) is 4.79 Å². The molecule has 4 amide bonds. The molecule has 2 rings (SSSR count). The Morgan fingerprint density at radius 2 is 1.81 bits per heavy atom. The lowest BCUT2D eigenvalue weighted by atomic mass is 10.1. The first-order valence-corrected chi connectivity index (χ1v) is 7.42. The van der Waals surface area contributed by atoms with Crippen molar-refractivity contribution in [3.8, 4) is 11.5 Å². The molecule has 1 fully saturated rings. The van der Waals surface area contributed by atoms with Crippen molar-refractivity contribution in [3.63, 3.8) is 0 Å². The first-order valence-electron chi connectivity index (χ1n) is 7.42. The van der Waals surface area contributed by atoms with E-state index in [1.807, 2.05) is 0 Å². The first-order chi connectivity index (χ1) is 11.8. The van der Waals surface area contributed by atoms with E-state index in [9.17, 15) is 34.5 Å². The number of phenols is 2. The van der Waals surface area contributed by atoms with E-state index in [1.165, 1.54) is 11.0 Å². The number of nitrogens with zero attached hydrogens (tertiary/aromatic N) is 2. The molecule has 142 valence electrons. The van der Waals surface area contributed by atoms with Crippen LogP contribution in [0.5, 0.6) is 11.5 Å². The number of hydrogen-bond donors (Lipinski definition) is 4. The standard InChI is InChI=1S/C15H17N3O7.H2O/c1-2-17-5-6-18(13(22)12(17)21)15(25)16-11(14(23)24)8-3-4-9(19)10(20)7-8;/h3-4,7,11,19-20H,2,5-6H2,1H3,(H,16,25)(H,23,24);1H2/t11-;/m1./s1. The molecule has 1 aliphatic rings. The third kappa shape index (κ3) is 4.00. The Labute approximate surface area is 147 Å². The zero-order chi connectivity index (χ0) is 18.7. The Balaban J connectivity index is 0.00000338. The molecule has 6 N–H and O–H groups in total. The zero-order valence-corrected chi connectivity index (χ0v) is 13.8. The Morgan fingerprint density at radius 3 is 2.35 bits per heavy atom. The van der Waals surface area contributed by atoms with Gasteiger partial charge in [0.2, 0.25) is 0 Å². The molecular formula is C15H19N3O8. The average molecular weight is 369 g/mol. The number of aliphatic carboxylic acids is 1. The van der Waals surface area contributed by atoms with Gasteiger partial charge in [0.05, 0.1) is 0 Å². The highest BCUT2D eigenvalue weighted by molar-refractivity contribution is 6.38. The number of carboxylic acids is 1. The molecule has 0 aliphatic carbocycles. The van der Waals surface area contributed by atoms with E-state index in [2.05, 4.69) is 5.32 Å². The molecule has 1 aromatic rings. The van der Waals surface area contributed by atoms with Gasteiger partial charge in [-0.15, -0.1) is 0 Å². The van der Waals surface area contributed by atoms with E-state index in [0.717, 1.165) is 12.1 Å². The van der Waals surface area contributed by atoms with Crippen molar-refractivity contribution in [2.45, 2.75) is 13.0 Å². The van der Waals surface area contributed by atoms with Crippen molar-refractivity contribution < 1.29 is 40.0 Å². The third-order valence-electron chi connectivity index (χ3n) is 3.78. The van der Waals surface area contributed by atoms with Gasteiger partial charge < -0.3 is 31.0 Å². The molecule has 0 spiro atoms. The SMILES string of the molecule is CCN1CCN(C(=O)N[C@@H](C(=O)O)c2ccc(O)c(O)c2)C(=O)C1=O.O. The van der Waals surface area contributed by atoms with Gasteiger partial charge >= 0.3 is 23.8 Å². The van der Waals surface area contributed by atoms with Gasteiger partial charge in [0, 0.05) is 19.6 Å². The van der Waals surface area contributed by atoms with E-state index >= 15 is 0 Å². The van der Waals surface area contributed by atoms with Crippen LogP contribution < -0.4 is 5.32 Å². The molecule has 1 atom stereocenters. The number of rotatable bonds is 4. The van der Waals surface area contributed by atoms with Gasteiger partial charge in [-0.25, -0.2) is 9.59 Å². The Kier molecular flexibility index (Phi) is 6.50. The van der Waals surface area contributed by atoms with E-state index in [0.29, 0.717) is 11.4 Å². The maximum absolute atomic E-state index is 12.2. The van der Waals surface area contributed by atoms with Crippen molar-refractivity contribution in [3.05, 3.63) is 23.8 Å². The molecule has 0 unspecified atom stereocenters. The van der Waals surface area contributed by atoms with Crippen LogP contribution in [0.25, 0.3) is 0 Å². The molecule has 11 nitrogen and oxygen atoms in total. The number of nitrogens with one attached hydrogen (secondary N) is 1. The van der Waals surface area contributed by atoms with Crippen molar-refractivity contribution in [2.75, 3.05) is 19.6 Å². The normalized spacial score (nSPS) is 15.3. The number of piperazine rings is 1. The first kappa shape index (κ1) is 20.7. The van der Waals surface area contributed by atoms with Crippen LogP contribution in [-0.4, -0.2) is 74.0 Å². The number of imide groups is 1. The highest BCUT2D eigenvalue weighted by atomic mass is 16.4. The molecule has 1 saturated heterocycles. The fourth-order valence-corrected chi connectivity index (χ4v) is 2.38. The van der Waals surface area contributed by atoms with Crippen LogP contribution in [0, 0.1) is 0 Å². The van der Waals surface area contributed by atoms with Gasteiger partial charge in [-0.05, 0) is 24.6 Å². The highest BCUT2D eigenvalue weighted by Gasteiger charge is 2.37. The van der Waals surface area contributed by atoms with Gasteiger partial charge in [0.25, 0.3) is 0 Å². The molecule has 1 heterocycles. The second kappa shape index (κ2) is 8.16. The summed E-state index contributed by atoms with van der Waals surface area (Å²) in [6.45, 7) is 2.12. The number of hydrogen-bond acceptors (Lipinski definition) is 6. The monoisotopic (exact) mass is 369 g/mol. The third-order valence-corrected chi connectivity index (χ3v) is 3.78. The van der Waals surface area contributed by atoms with Crippen molar-refractivity contribution >= 4 is 23.8 Å². The summed E-state index contributed by atoms with van der Waals surface area (Å²) in [7, 11) is 0. The van der Waals surface area contributed by atoms with Crippen molar-refractivity contribution in [1.29, 1.82) is 0 Å². The number of carbonyl (C=O) groups excluding carboxylic acids is 3. The quantitative estimate of drug-likeness (QED) is 0.380. The second-order valence-electron chi connectivity index (χ2n) is 5.31. The number of carboxylic acid groups (broad SMARTS) is 1. The predicted octanol–water partition coefficient (Wildman–Crippen LogP) is -1.20. The minimum atomic E-state index is -1.58. The second-order valence-corrected chi connectivity index (χ2v) is 5.31. The fraction of sp³-hybridized carbons (Fsp3) is 0.333. The lowest BCUT2D eigenvalue weighted by molar-refractivity contribution is -0.153. The Bertz CT molecular complexity index is 736. The Hall–Kier alpha value is -3.34. The summed E-state index contributed by atoms with van der Waals surface area (Å²) >= 11 is 0. The molecule has 0 bridgehead atoms. The number of benzene rings is 1. The van der Waals surface area contributed by atoms with Crippen molar-refractivity contribution in [1.82, 2.24) is 15.1 Å². The van der Waals surface area contributed by atoms with E-state index in [1.54, 1.807) is 6.92 Å². The molecular weight excluding hydrogens is 350 g/mol. The van der Waals surface area contributed by atoms with E-state index in [4.69, 9.17) is 0 Å². The van der Waals surface area contributed by atoms with Crippen molar-refractivity contribution in [2.24, 2.45) is 0 Å². The van der Waals surface area contributed by atoms with Gasteiger partial charge in [-0.1, -0.05) is 6.07 Å². The highest BCUT2D eigenvalue weighted by Crippen LogP contribution is 2.28. The fourth-order valence-electron chi connectivity index (χ4n) is 2.38. The van der Waals surface area contributed by atoms with Crippen LogP contribution in [0.15, 0.2) is 18.2 Å². The largest absolute Gasteiger partial charge is 0.504 e. The molecule has 11 heteroatoms. The summed E-state index contributed by atoms with van der Waals surface area (Å²) in [6, 6.07) is 0.647. The molecule has 0 radical (unpaired) electrons. The molecule has 0 saturated carbocycles. The number of likely N-dealkylation sites (N-methyl/N-ethyl adjacent to an activating group) is 1. The van der Waals surface area contributed by atoms with Gasteiger partial charge in [0.15, 0.2) is 17.5 Å². The lowest BCUT2D eigenvalue weighted by Gasteiger charge is -2.32. The molecule has 0 aromatic heterocycles. The smallest absolute Gasteiger partial charge is 0.330 e. The van der Waals surface area contributed by atoms with Crippen LogP contribution >= 0.6 is 0 Å². The zero-order valence-electron chi connectivity index (χ0n) is 13.8. The number of amides is 4. The molecule has 1 aromatic carbocycles. The lowest BCUT2D eigenvalue weighted by Crippen LogP contribution is -2.58. The van der Waals surface area contributed by atoms with Gasteiger partial charge in [-0.2, -0.15) is 0 Å².